The van der Waals surface area contributed by atoms with E-state index in [-0.39, 0.29) is 6.42 Å². The summed E-state index contributed by atoms with van der Waals surface area (Å²) in [4.78, 5) is 48.6. The van der Waals surface area contributed by atoms with Gasteiger partial charge >= 0.3 is 5.97 Å². The van der Waals surface area contributed by atoms with E-state index in [9.17, 15) is 19.2 Å². The van der Waals surface area contributed by atoms with E-state index < -0.39 is 47.9 Å². The number of thioether (sulfide) groups is 1. The van der Waals surface area contributed by atoms with Crippen LogP contribution in [0.4, 0.5) is 0 Å². The number of benzene rings is 1. The SMILES string of the molecule is CSCCC(NC(=O)C(C)N)C(=O)NC(Cc1ccccc1)C(=O)NC(C)C(=O)O. The first kappa shape index (κ1) is 25.4. The van der Waals surface area contributed by atoms with Gasteiger partial charge in [0.1, 0.15) is 18.1 Å². The maximum atomic E-state index is 12.9. The molecule has 30 heavy (non-hydrogen) atoms. The number of carboxylic acids is 1. The van der Waals surface area contributed by atoms with Gasteiger partial charge in [0.2, 0.25) is 17.7 Å². The molecule has 9 nitrogen and oxygen atoms in total. The molecule has 0 aliphatic rings. The predicted molar refractivity (Wildman–Crippen MR) is 116 cm³/mol. The minimum atomic E-state index is -1.19. The van der Waals surface area contributed by atoms with Crippen LogP contribution < -0.4 is 21.7 Å². The van der Waals surface area contributed by atoms with Gasteiger partial charge in [0, 0.05) is 6.42 Å². The Morgan fingerprint density at radius 1 is 0.967 bits per heavy atom. The monoisotopic (exact) mass is 438 g/mol. The predicted octanol–water partition coefficient (Wildman–Crippen LogP) is -0.112. The summed E-state index contributed by atoms with van der Waals surface area (Å²) in [5.41, 5.74) is 6.37. The van der Waals surface area contributed by atoms with Gasteiger partial charge < -0.3 is 26.8 Å². The summed E-state index contributed by atoms with van der Waals surface area (Å²) in [6.07, 6.45) is 2.40. The summed E-state index contributed by atoms with van der Waals surface area (Å²) in [6.45, 7) is 2.85. The molecule has 0 saturated carbocycles. The number of hydrogen-bond acceptors (Lipinski definition) is 6. The van der Waals surface area contributed by atoms with Gasteiger partial charge in [-0.2, -0.15) is 11.8 Å². The second-order valence-corrected chi connectivity index (χ2v) is 7.94. The van der Waals surface area contributed by atoms with Gasteiger partial charge in [0.15, 0.2) is 0 Å². The van der Waals surface area contributed by atoms with E-state index in [1.807, 2.05) is 12.3 Å². The van der Waals surface area contributed by atoms with Gasteiger partial charge in [-0.15, -0.1) is 0 Å². The van der Waals surface area contributed by atoms with Crippen LogP contribution in [0.25, 0.3) is 0 Å². The lowest BCUT2D eigenvalue weighted by Gasteiger charge is -2.24. The number of nitrogens with two attached hydrogens (primary N) is 1. The maximum absolute atomic E-state index is 12.9. The van der Waals surface area contributed by atoms with Crippen LogP contribution >= 0.6 is 11.8 Å². The normalized spacial score (nSPS) is 14.7. The largest absolute Gasteiger partial charge is 0.480 e. The van der Waals surface area contributed by atoms with Crippen LogP contribution in [0.2, 0.25) is 0 Å². The average Bonchev–Trinajstić information content (AvgIpc) is 2.70. The van der Waals surface area contributed by atoms with E-state index in [1.165, 1.54) is 25.6 Å². The summed E-state index contributed by atoms with van der Waals surface area (Å²) in [5, 5.41) is 16.7. The molecule has 0 bridgehead atoms. The number of aliphatic carboxylic acids is 1. The Bertz CT molecular complexity index is 729. The zero-order valence-corrected chi connectivity index (χ0v) is 18.2. The third-order valence-corrected chi connectivity index (χ3v) is 4.95. The molecule has 0 aliphatic carbocycles. The summed E-state index contributed by atoms with van der Waals surface area (Å²) >= 11 is 1.52. The van der Waals surface area contributed by atoms with E-state index in [2.05, 4.69) is 16.0 Å². The van der Waals surface area contributed by atoms with Crippen molar-refractivity contribution in [3.05, 3.63) is 35.9 Å². The number of carbonyl (C=O) groups excluding carboxylic acids is 3. The topological polar surface area (TPSA) is 151 Å². The Balaban J connectivity index is 2.99. The molecule has 0 aliphatic heterocycles. The number of hydrogen-bond donors (Lipinski definition) is 5. The fourth-order valence-electron chi connectivity index (χ4n) is 2.51. The van der Waals surface area contributed by atoms with Crippen LogP contribution in [0.15, 0.2) is 30.3 Å². The van der Waals surface area contributed by atoms with Gasteiger partial charge in [0.05, 0.1) is 6.04 Å². The molecule has 1 aromatic rings. The van der Waals surface area contributed by atoms with Crippen molar-refractivity contribution in [3.63, 3.8) is 0 Å². The van der Waals surface area contributed by atoms with E-state index >= 15 is 0 Å². The number of amides is 3. The second kappa shape index (κ2) is 12.9. The van der Waals surface area contributed by atoms with E-state index in [4.69, 9.17) is 10.8 Å². The van der Waals surface area contributed by atoms with Crippen LogP contribution in [0.1, 0.15) is 25.8 Å². The molecule has 166 valence electrons. The van der Waals surface area contributed by atoms with Gasteiger partial charge in [-0.1, -0.05) is 30.3 Å². The first-order valence-electron chi connectivity index (χ1n) is 9.58. The highest BCUT2D eigenvalue weighted by atomic mass is 32.2. The van der Waals surface area contributed by atoms with E-state index in [0.717, 1.165) is 5.56 Å². The highest BCUT2D eigenvalue weighted by molar-refractivity contribution is 7.98. The average molecular weight is 439 g/mol. The van der Waals surface area contributed by atoms with Gasteiger partial charge in [0.25, 0.3) is 0 Å². The Kier molecular flexibility index (Phi) is 10.9. The number of nitrogens with one attached hydrogen (secondary N) is 3. The zero-order chi connectivity index (χ0) is 22.7. The Morgan fingerprint density at radius 2 is 1.53 bits per heavy atom. The molecule has 0 spiro atoms. The van der Waals surface area contributed by atoms with Crippen molar-refractivity contribution in [2.24, 2.45) is 5.73 Å². The van der Waals surface area contributed by atoms with Gasteiger partial charge in [-0.25, -0.2) is 0 Å². The summed E-state index contributed by atoms with van der Waals surface area (Å²) in [6, 6.07) is 5.27. The zero-order valence-electron chi connectivity index (χ0n) is 17.4. The van der Waals surface area contributed by atoms with Gasteiger partial charge in [-0.05, 0) is 37.8 Å². The van der Waals surface area contributed by atoms with Gasteiger partial charge in [-0.3, -0.25) is 19.2 Å². The molecule has 0 aromatic heterocycles. The van der Waals surface area contributed by atoms with Crippen molar-refractivity contribution in [1.29, 1.82) is 0 Å². The quantitative estimate of drug-likeness (QED) is 0.305. The van der Waals surface area contributed by atoms with Crippen molar-refractivity contribution in [2.75, 3.05) is 12.0 Å². The van der Waals surface area contributed by atoms with Crippen LogP contribution in [-0.2, 0) is 25.6 Å². The molecule has 4 unspecified atom stereocenters. The molecular weight excluding hydrogens is 408 g/mol. The highest BCUT2D eigenvalue weighted by Gasteiger charge is 2.28. The Morgan fingerprint density at radius 3 is 2.07 bits per heavy atom. The van der Waals surface area contributed by atoms with Crippen LogP contribution in [0.3, 0.4) is 0 Å². The van der Waals surface area contributed by atoms with Crippen LogP contribution in [-0.4, -0.2) is 65.0 Å². The Labute approximate surface area is 180 Å². The van der Waals surface area contributed by atoms with Crippen molar-refractivity contribution >= 4 is 35.5 Å². The van der Waals surface area contributed by atoms with Crippen LogP contribution in [0.5, 0.6) is 0 Å². The molecule has 1 aromatic carbocycles. The molecular formula is C20H30N4O5S. The van der Waals surface area contributed by atoms with Crippen molar-refractivity contribution in [2.45, 2.75) is 50.9 Å². The maximum Gasteiger partial charge on any atom is 0.325 e. The first-order chi connectivity index (χ1) is 14.1. The fourth-order valence-corrected chi connectivity index (χ4v) is 2.99. The van der Waals surface area contributed by atoms with Crippen molar-refractivity contribution in [3.8, 4) is 0 Å². The molecule has 1 rings (SSSR count). The summed E-state index contributed by atoms with van der Waals surface area (Å²) < 4.78 is 0. The lowest BCUT2D eigenvalue weighted by atomic mass is 10.0. The molecule has 3 amide bonds. The standard InChI is InChI=1S/C20H30N4O5S/c1-12(21)17(25)23-15(9-10-30-3)18(26)24-16(11-14-7-5-4-6-8-14)19(27)22-13(2)20(28)29/h4-8,12-13,15-16H,9-11,21H2,1-3H3,(H,22,27)(H,23,25)(H,24,26)(H,28,29). The molecule has 0 radical (unpaired) electrons. The molecule has 0 saturated heterocycles. The summed E-state index contributed by atoms with van der Waals surface area (Å²) in [7, 11) is 0. The lowest BCUT2D eigenvalue weighted by molar-refractivity contribution is -0.141. The van der Waals surface area contributed by atoms with Crippen LogP contribution in [0, 0.1) is 0 Å². The molecule has 0 fully saturated rings. The number of carbonyl (C=O) groups is 4. The lowest BCUT2D eigenvalue weighted by Crippen LogP contribution is -2.57. The molecule has 4 atom stereocenters. The minimum absolute atomic E-state index is 0.168. The Hall–Kier alpha value is -2.59. The van der Waals surface area contributed by atoms with E-state index in [0.29, 0.717) is 12.2 Å². The summed E-state index contributed by atoms with van der Waals surface area (Å²) in [5.74, 6) is -2.19. The third-order valence-electron chi connectivity index (χ3n) is 4.30. The second-order valence-electron chi connectivity index (χ2n) is 6.95. The number of rotatable bonds is 12. The van der Waals surface area contributed by atoms with Crippen molar-refractivity contribution in [1.82, 2.24) is 16.0 Å². The molecule has 0 heterocycles. The van der Waals surface area contributed by atoms with Crippen molar-refractivity contribution < 1.29 is 24.3 Å². The third kappa shape index (κ3) is 8.83. The fraction of sp³-hybridized carbons (Fsp3) is 0.500. The molecule has 6 N–H and O–H groups in total. The smallest absolute Gasteiger partial charge is 0.325 e. The number of carboxylic acid groups (broad SMARTS) is 1. The minimum Gasteiger partial charge on any atom is -0.480 e. The van der Waals surface area contributed by atoms with E-state index in [1.54, 1.807) is 24.3 Å². The first-order valence-corrected chi connectivity index (χ1v) is 11.0. The molecule has 10 heteroatoms. The highest BCUT2D eigenvalue weighted by Crippen LogP contribution is 2.07.